The fraction of sp³-hybridized carbons (Fsp3) is 0.444. The van der Waals surface area contributed by atoms with Crippen LogP contribution in [0.4, 0.5) is 5.82 Å². The Bertz CT molecular complexity index is 307. The Morgan fingerprint density at radius 1 is 1.57 bits per heavy atom. The van der Waals surface area contributed by atoms with Crippen molar-refractivity contribution in [1.82, 2.24) is 4.98 Å². The molecule has 1 heterocycles. The zero-order valence-electron chi connectivity index (χ0n) is 7.87. The first-order valence-electron chi connectivity index (χ1n) is 4.29. The SMILES string of the molecule is Cc1ccc(Cl)c(NCC(O)CO)n1. The Morgan fingerprint density at radius 3 is 2.93 bits per heavy atom. The zero-order valence-corrected chi connectivity index (χ0v) is 8.62. The molecule has 0 aromatic carbocycles. The van der Waals surface area contributed by atoms with Gasteiger partial charge in [-0.2, -0.15) is 0 Å². The highest BCUT2D eigenvalue weighted by molar-refractivity contribution is 6.32. The van der Waals surface area contributed by atoms with Crippen molar-refractivity contribution in [3.8, 4) is 0 Å². The Balaban J connectivity index is 2.62. The number of aryl methyl sites for hydroxylation is 1. The van der Waals surface area contributed by atoms with Gasteiger partial charge in [-0.1, -0.05) is 11.6 Å². The standard InChI is InChI=1S/C9H13ClN2O2/c1-6-2-3-8(10)9(12-6)11-4-7(14)5-13/h2-3,7,13-14H,4-5H2,1H3,(H,11,12). The summed E-state index contributed by atoms with van der Waals surface area (Å²) in [7, 11) is 0. The molecule has 0 spiro atoms. The lowest BCUT2D eigenvalue weighted by molar-refractivity contribution is 0.105. The summed E-state index contributed by atoms with van der Waals surface area (Å²) in [5.74, 6) is 0.527. The van der Waals surface area contributed by atoms with E-state index >= 15 is 0 Å². The van der Waals surface area contributed by atoms with Crippen molar-refractivity contribution < 1.29 is 10.2 Å². The van der Waals surface area contributed by atoms with Gasteiger partial charge >= 0.3 is 0 Å². The maximum absolute atomic E-state index is 9.10. The zero-order chi connectivity index (χ0) is 10.6. The molecule has 14 heavy (non-hydrogen) atoms. The van der Waals surface area contributed by atoms with Crippen LogP contribution in [-0.2, 0) is 0 Å². The van der Waals surface area contributed by atoms with Crippen molar-refractivity contribution in [2.75, 3.05) is 18.5 Å². The third-order valence-electron chi connectivity index (χ3n) is 1.70. The summed E-state index contributed by atoms with van der Waals surface area (Å²) in [6.07, 6.45) is -0.798. The van der Waals surface area contributed by atoms with Crippen LogP contribution in [0.5, 0.6) is 0 Å². The number of aliphatic hydroxyl groups is 2. The minimum Gasteiger partial charge on any atom is -0.394 e. The smallest absolute Gasteiger partial charge is 0.145 e. The van der Waals surface area contributed by atoms with Gasteiger partial charge < -0.3 is 15.5 Å². The summed E-state index contributed by atoms with van der Waals surface area (Å²) in [5, 5.41) is 21.0. The van der Waals surface area contributed by atoms with Crippen LogP contribution in [0.3, 0.4) is 0 Å². The van der Waals surface area contributed by atoms with Crippen LogP contribution in [0.15, 0.2) is 12.1 Å². The van der Waals surface area contributed by atoms with E-state index in [1.165, 1.54) is 0 Å². The Labute approximate surface area is 87.6 Å². The molecule has 1 atom stereocenters. The number of halogens is 1. The van der Waals surface area contributed by atoms with Crippen LogP contribution in [0.1, 0.15) is 5.69 Å². The van der Waals surface area contributed by atoms with Gasteiger partial charge in [-0.05, 0) is 19.1 Å². The number of hydrogen-bond donors (Lipinski definition) is 3. The van der Waals surface area contributed by atoms with Gasteiger partial charge in [-0.25, -0.2) is 4.98 Å². The van der Waals surface area contributed by atoms with Crippen molar-refractivity contribution in [2.45, 2.75) is 13.0 Å². The third kappa shape index (κ3) is 3.14. The molecule has 1 unspecified atom stereocenters. The maximum Gasteiger partial charge on any atom is 0.145 e. The first kappa shape index (κ1) is 11.2. The van der Waals surface area contributed by atoms with Crippen LogP contribution >= 0.6 is 11.6 Å². The van der Waals surface area contributed by atoms with E-state index < -0.39 is 6.10 Å². The van der Waals surface area contributed by atoms with E-state index in [2.05, 4.69) is 10.3 Å². The van der Waals surface area contributed by atoms with E-state index in [-0.39, 0.29) is 13.2 Å². The average molecular weight is 217 g/mol. The highest BCUT2D eigenvalue weighted by atomic mass is 35.5. The third-order valence-corrected chi connectivity index (χ3v) is 2.01. The summed E-state index contributed by atoms with van der Waals surface area (Å²) < 4.78 is 0. The van der Waals surface area contributed by atoms with Crippen LogP contribution in [0.2, 0.25) is 5.02 Å². The van der Waals surface area contributed by atoms with E-state index in [4.69, 9.17) is 21.8 Å². The van der Waals surface area contributed by atoms with Gasteiger partial charge in [-0.15, -0.1) is 0 Å². The molecule has 4 nitrogen and oxygen atoms in total. The first-order chi connectivity index (χ1) is 6.63. The highest BCUT2D eigenvalue weighted by Gasteiger charge is 2.05. The molecular weight excluding hydrogens is 204 g/mol. The van der Waals surface area contributed by atoms with E-state index in [0.717, 1.165) is 5.69 Å². The normalized spacial score (nSPS) is 12.6. The molecule has 0 fully saturated rings. The Kier molecular flexibility index (Phi) is 4.13. The van der Waals surface area contributed by atoms with E-state index in [0.29, 0.717) is 10.8 Å². The first-order valence-corrected chi connectivity index (χ1v) is 4.67. The fourth-order valence-corrected chi connectivity index (χ4v) is 1.11. The molecule has 1 aromatic heterocycles. The Morgan fingerprint density at radius 2 is 2.29 bits per heavy atom. The van der Waals surface area contributed by atoms with E-state index in [9.17, 15) is 0 Å². The summed E-state index contributed by atoms with van der Waals surface area (Å²) in [4.78, 5) is 4.14. The quantitative estimate of drug-likeness (QED) is 0.697. The summed E-state index contributed by atoms with van der Waals surface area (Å²) >= 11 is 5.85. The second-order valence-corrected chi connectivity index (χ2v) is 3.41. The predicted molar refractivity (Wildman–Crippen MR) is 55.6 cm³/mol. The van der Waals surface area contributed by atoms with Crippen molar-refractivity contribution >= 4 is 17.4 Å². The number of nitrogens with zero attached hydrogens (tertiary/aromatic N) is 1. The number of rotatable bonds is 4. The molecule has 0 aliphatic heterocycles. The van der Waals surface area contributed by atoms with Gasteiger partial charge in [-0.3, -0.25) is 0 Å². The van der Waals surface area contributed by atoms with Crippen molar-refractivity contribution in [3.63, 3.8) is 0 Å². The number of pyridine rings is 1. The van der Waals surface area contributed by atoms with Gasteiger partial charge in [0, 0.05) is 12.2 Å². The molecular formula is C9H13ClN2O2. The van der Waals surface area contributed by atoms with Gasteiger partial charge in [0.25, 0.3) is 0 Å². The second kappa shape index (κ2) is 5.14. The molecule has 0 bridgehead atoms. The van der Waals surface area contributed by atoms with Crippen LogP contribution < -0.4 is 5.32 Å². The monoisotopic (exact) mass is 216 g/mol. The topological polar surface area (TPSA) is 65.4 Å². The lowest BCUT2D eigenvalue weighted by Gasteiger charge is -2.10. The van der Waals surface area contributed by atoms with Crippen molar-refractivity contribution in [2.24, 2.45) is 0 Å². The average Bonchev–Trinajstić information content (AvgIpc) is 2.19. The number of anilines is 1. The Hall–Kier alpha value is -0.840. The predicted octanol–water partition coefficient (Wildman–Crippen LogP) is 0.809. The molecule has 0 radical (unpaired) electrons. The molecule has 1 rings (SSSR count). The van der Waals surface area contributed by atoms with Crippen LogP contribution in [0.25, 0.3) is 0 Å². The van der Waals surface area contributed by atoms with Gasteiger partial charge in [0.05, 0.1) is 17.7 Å². The minimum absolute atomic E-state index is 0.229. The van der Waals surface area contributed by atoms with Gasteiger partial charge in [0.2, 0.25) is 0 Å². The second-order valence-electron chi connectivity index (χ2n) is 3.00. The maximum atomic E-state index is 9.10. The van der Waals surface area contributed by atoms with Crippen LogP contribution in [-0.4, -0.2) is 34.5 Å². The van der Waals surface area contributed by atoms with Gasteiger partial charge in [0.15, 0.2) is 0 Å². The van der Waals surface area contributed by atoms with Crippen molar-refractivity contribution in [1.29, 1.82) is 0 Å². The molecule has 1 aromatic rings. The summed E-state index contributed by atoms with van der Waals surface area (Å²) in [6, 6.07) is 3.54. The lowest BCUT2D eigenvalue weighted by Crippen LogP contribution is -2.23. The van der Waals surface area contributed by atoms with Gasteiger partial charge in [0.1, 0.15) is 5.82 Å². The molecule has 0 saturated heterocycles. The molecule has 5 heteroatoms. The highest BCUT2D eigenvalue weighted by Crippen LogP contribution is 2.18. The number of aliphatic hydroxyl groups excluding tert-OH is 2. The van der Waals surface area contributed by atoms with E-state index in [1.807, 2.05) is 6.92 Å². The molecule has 0 aliphatic carbocycles. The number of nitrogens with one attached hydrogen (secondary N) is 1. The fourth-order valence-electron chi connectivity index (χ4n) is 0.943. The number of aromatic nitrogens is 1. The summed E-state index contributed by atoms with van der Waals surface area (Å²) in [5.41, 5.74) is 0.843. The lowest BCUT2D eigenvalue weighted by atomic mass is 10.3. The van der Waals surface area contributed by atoms with E-state index in [1.54, 1.807) is 12.1 Å². The van der Waals surface area contributed by atoms with Crippen molar-refractivity contribution in [3.05, 3.63) is 22.8 Å². The van der Waals surface area contributed by atoms with Crippen LogP contribution in [0, 0.1) is 6.92 Å². The largest absolute Gasteiger partial charge is 0.394 e. The minimum atomic E-state index is -0.798. The summed E-state index contributed by atoms with van der Waals surface area (Å²) in [6.45, 7) is 1.80. The molecule has 3 N–H and O–H groups in total. The molecule has 0 aliphatic rings. The molecule has 78 valence electrons. The molecule has 0 saturated carbocycles. The molecule has 0 amide bonds. The number of hydrogen-bond acceptors (Lipinski definition) is 4.